The average molecular weight is 2670 g/mol. The molecule has 32 heteroatoms. The molecule has 0 saturated carbocycles. The summed E-state index contributed by atoms with van der Waals surface area (Å²) in [5.41, 5.74) is 27.0. The number of hydrogen-bond donors (Lipinski definition) is 0. The third-order valence-electron chi connectivity index (χ3n) is 24.0. The third kappa shape index (κ3) is 32.7. The first-order valence-electron chi connectivity index (χ1n) is 48.8. The zero-order valence-electron chi connectivity index (χ0n) is 89.6. The Morgan fingerprint density at radius 1 is 0.303 bits per heavy atom. The molecule has 0 bridgehead atoms. The van der Waals surface area contributed by atoms with Crippen LogP contribution in [0.15, 0.2) is 196 Å². The van der Waals surface area contributed by atoms with Gasteiger partial charge in [-0.15, -0.1) is 0 Å². The van der Waals surface area contributed by atoms with Gasteiger partial charge >= 0.3 is 84.3 Å². The Morgan fingerprint density at radius 2 is 0.614 bits per heavy atom. The van der Waals surface area contributed by atoms with Crippen molar-refractivity contribution in [3.8, 4) is 91.6 Å². The molecular formula is C113H140N28Pt4. The van der Waals surface area contributed by atoms with Crippen molar-refractivity contribution < 1.29 is 84.3 Å². The molecule has 2 aliphatic rings. The monoisotopic (exact) mass is 2670 g/mol. The van der Waals surface area contributed by atoms with Crippen molar-refractivity contribution in [1.82, 2.24) is 141 Å². The van der Waals surface area contributed by atoms with E-state index in [0.29, 0.717) is 57.9 Å². The van der Waals surface area contributed by atoms with Gasteiger partial charge in [0.25, 0.3) is 0 Å². The molecule has 1 aromatic carbocycles. The molecule has 0 saturated heterocycles. The Labute approximate surface area is 914 Å². The Bertz CT molecular complexity index is 6630. The van der Waals surface area contributed by atoms with Gasteiger partial charge in [-0.3, -0.25) is 19.9 Å². The summed E-state index contributed by atoms with van der Waals surface area (Å²) in [6, 6.07) is 39.6. The molecule has 0 fully saturated rings. The summed E-state index contributed by atoms with van der Waals surface area (Å²) in [6.45, 7) is 64.9. The fourth-order valence-electron chi connectivity index (χ4n) is 15.5. The summed E-state index contributed by atoms with van der Waals surface area (Å²) >= 11 is 0. The van der Waals surface area contributed by atoms with Crippen LogP contribution in [0, 0.1) is 5.92 Å². The summed E-state index contributed by atoms with van der Waals surface area (Å²) in [5.74, 6) is 3.14. The molecule has 772 valence electrons. The maximum absolute atomic E-state index is 4.73. The van der Waals surface area contributed by atoms with Gasteiger partial charge < -0.3 is 81.6 Å². The fraction of sp³-hybridized carbons (Fsp3) is 0.434. The van der Waals surface area contributed by atoms with Crippen LogP contribution in [-0.4, -0.2) is 101 Å². The standard InChI is InChI=1S/C21H28N6.C20H24N6.C18H20N6.C18H16N6.4C9H13N.4Pt/c1-12(2)10-15-18(13(3)4)19(27-24-15)14-8-9-22-20(23-14)16-11-17(26-25-16)21(5,6)7;1-19(2,3)15-11-14(23-24-15)18-21-10-8-13(22-18)16-12-7-6-9-20(4,5)17(12)26-25-16;2*1-18(2,3)15-10-14(22-23-15)17-19-9-8-13(20-17)16-11-6-4-5-7-12(11)21-24-16;4*1-9(2,3)8-4-6-10-7-5-8;;;;/h8-9,11-13H,10H2,1-7H3;8,10-11H,6-7,9H2,1-5H3;8-10H,4-7H2,1-3H3;4-10H,1-3H3;4*4-7H,1-3H3;;;;/q4*-2;;;;;4*+2. The molecule has 0 aliphatic heterocycles. The van der Waals surface area contributed by atoms with E-state index in [2.05, 4.69) is 388 Å². The quantitative estimate of drug-likeness (QED) is 0.116. The van der Waals surface area contributed by atoms with E-state index in [1.807, 2.05) is 122 Å². The van der Waals surface area contributed by atoms with Crippen LogP contribution in [0.3, 0.4) is 0 Å². The fourth-order valence-corrected chi connectivity index (χ4v) is 15.5. The van der Waals surface area contributed by atoms with E-state index < -0.39 is 0 Å². The van der Waals surface area contributed by atoms with Crippen LogP contribution >= 0.6 is 0 Å². The molecule has 19 rings (SSSR count). The van der Waals surface area contributed by atoms with Crippen LogP contribution < -0.4 is 40.8 Å². The predicted molar refractivity (Wildman–Crippen MR) is 560 cm³/mol. The smallest absolute Gasteiger partial charge is 0.573 e. The van der Waals surface area contributed by atoms with E-state index in [4.69, 9.17) is 9.97 Å². The SMILES string of the molecule is CC(C)(C)c1cc(-c2nccc(-c3[n-]nc4c3CCCC4(C)C)n2)[n-]n1.CC(C)(C)c1cc(-c2nccc(-c3[n-]nc4c3CCCC4)n2)[n-]n1.CC(C)(C)c1cc(-c2nccc(-c3[n-]nc4ccccc34)n2)[n-]n1.CC(C)(C)c1ccncc1.CC(C)(C)c1ccncc1.CC(C)(C)c1ccncc1.CC(C)(C)c1ccncc1.CC(C)Cc1n[n-]c(-c2ccnc(-c3cc(C(C)(C)C)n[n-]3)n2)c1C(C)C.[Pt+2].[Pt+2].[Pt+2].[Pt+2]. The number of fused-ring (bicyclic) bond motifs is 3. The second-order valence-corrected chi connectivity index (χ2v) is 45.5. The average Bonchev–Trinajstić information content (AvgIpc) is 1.19. The molecule has 2 aliphatic carbocycles. The number of pyridine rings is 4. The Morgan fingerprint density at radius 3 is 0.945 bits per heavy atom. The van der Waals surface area contributed by atoms with Gasteiger partial charge in [0, 0.05) is 147 Å². The minimum Gasteiger partial charge on any atom is -0.573 e. The molecule has 0 unspecified atom stereocenters. The zero-order valence-corrected chi connectivity index (χ0v) is 98.7. The van der Waals surface area contributed by atoms with Gasteiger partial charge in [-0.1, -0.05) is 296 Å². The van der Waals surface area contributed by atoms with Gasteiger partial charge in [0.1, 0.15) is 23.3 Å². The van der Waals surface area contributed by atoms with Crippen molar-refractivity contribution in [2.75, 3.05) is 0 Å². The molecule has 16 heterocycles. The maximum Gasteiger partial charge on any atom is 2.00 e. The van der Waals surface area contributed by atoms with Crippen LogP contribution in [0.5, 0.6) is 0 Å². The van der Waals surface area contributed by atoms with Crippen LogP contribution in [-0.2, 0) is 159 Å². The van der Waals surface area contributed by atoms with Gasteiger partial charge in [0.2, 0.25) is 0 Å². The topological polar surface area (TPSA) is 371 Å². The van der Waals surface area contributed by atoms with Crippen molar-refractivity contribution in [3.63, 3.8) is 0 Å². The number of aromatic nitrogens is 28. The van der Waals surface area contributed by atoms with E-state index in [9.17, 15) is 0 Å². The van der Waals surface area contributed by atoms with Crippen LogP contribution in [0.1, 0.15) is 318 Å². The van der Waals surface area contributed by atoms with E-state index in [1.54, 1.807) is 24.8 Å². The summed E-state index contributed by atoms with van der Waals surface area (Å²) in [6.07, 6.45) is 30.3. The first kappa shape index (κ1) is 119. The Hall–Kier alpha value is -11.2. The van der Waals surface area contributed by atoms with Gasteiger partial charge in [0.15, 0.2) is 0 Å². The third-order valence-corrected chi connectivity index (χ3v) is 24.0. The number of hydrogen-bond acceptors (Lipinski definition) is 20. The molecule has 0 spiro atoms. The predicted octanol–water partition coefficient (Wildman–Crippen LogP) is 22.7. The summed E-state index contributed by atoms with van der Waals surface area (Å²) in [7, 11) is 0. The molecule has 0 radical (unpaired) electrons. The molecule has 0 N–H and O–H groups in total. The van der Waals surface area contributed by atoms with E-state index in [-0.39, 0.29) is 133 Å². The normalized spacial score (nSPS) is 12.8. The van der Waals surface area contributed by atoms with E-state index >= 15 is 0 Å². The van der Waals surface area contributed by atoms with Gasteiger partial charge in [-0.05, 0) is 208 Å². The van der Waals surface area contributed by atoms with Crippen molar-refractivity contribution in [2.24, 2.45) is 5.92 Å². The Balaban J connectivity index is 0.000000208. The first-order valence-corrected chi connectivity index (χ1v) is 48.8. The number of rotatable bonds is 11. The summed E-state index contributed by atoms with van der Waals surface area (Å²) in [5, 5.41) is 70.1. The summed E-state index contributed by atoms with van der Waals surface area (Å²) in [4.78, 5) is 52.1. The molecular weight excluding hydrogens is 2530 g/mol. The van der Waals surface area contributed by atoms with Crippen LogP contribution in [0.25, 0.3) is 103 Å². The molecule has 145 heavy (non-hydrogen) atoms. The molecule has 16 aromatic heterocycles. The van der Waals surface area contributed by atoms with E-state index in [1.165, 1.54) is 51.8 Å². The minimum atomic E-state index is -0.0593. The second-order valence-electron chi connectivity index (χ2n) is 45.5. The van der Waals surface area contributed by atoms with Crippen molar-refractivity contribution in [3.05, 3.63) is 274 Å². The van der Waals surface area contributed by atoms with Crippen molar-refractivity contribution in [2.45, 2.75) is 314 Å². The minimum absolute atomic E-state index is 0. The second kappa shape index (κ2) is 51.0. The maximum atomic E-state index is 4.73. The van der Waals surface area contributed by atoms with Crippen LogP contribution in [0.2, 0.25) is 0 Å². The van der Waals surface area contributed by atoms with Gasteiger partial charge in [-0.25, -0.2) is 39.9 Å². The van der Waals surface area contributed by atoms with Gasteiger partial charge in [-0.2, -0.15) is 0 Å². The first-order chi connectivity index (χ1) is 66.4. The zero-order chi connectivity index (χ0) is 102. The molecule has 0 atom stereocenters. The van der Waals surface area contributed by atoms with Crippen LogP contribution in [0.4, 0.5) is 0 Å². The molecule has 28 nitrogen and oxygen atoms in total. The Kier molecular flexibility index (Phi) is 41.8. The number of nitrogens with zero attached hydrogens (tertiary/aromatic N) is 28. The van der Waals surface area contributed by atoms with E-state index in [0.717, 1.165) is 135 Å². The largest absolute Gasteiger partial charge is 2.00 e. The van der Waals surface area contributed by atoms with Gasteiger partial charge in [0.05, 0.1) is 22.8 Å². The number of benzene rings is 1. The van der Waals surface area contributed by atoms with Crippen molar-refractivity contribution in [1.29, 1.82) is 0 Å². The number of aryl methyl sites for hydroxylation is 1. The summed E-state index contributed by atoms with van der Waals surface area (Å²) < 4.78 is 0. The van der Waals surface area contributed by atoms with Crippen molar-refractivity contribution >= 4 is 10.9 Å². The molecule has 0 amide bonds. The molecule has 17 aromatic rings.